The Balaban J connectivity index is 2.30. The van der Waals surface area contributed by atoms with E-state index in [1.54, 1.807) is 0 Å². The molecule has 2 rings (SSSR count). The molecule has 1 atom stereocenters. The molecular weight excluding hydrogens is 258 g/mol. The Bertz CT molecular complexity index is 490. The highest BCUT2D eigenvalue weighted by Crippen LogP contribution is 2.41. The quantitative estimate of drug-likeness (QED) is 0.806. The molecular formula is C19H31NO. The van der Waals surface area contributed by atoms with E-state index >= 15 is 0 Å². The first-order valence-electron chi connectivity index (χ1n) is 8.34. The molecule has 0 fully saturated rings. The molecule has 118 valence electrons. The Morgan fingerprint density at radius 3 is 2.62 bits per heavy atom. The first-order valence-corrected chi connectivity index (χ1v) is 8.34. The number of benzene rings is 1. The molecule has 1 aliphatic rings. The summed E-state index contributed by atoms with van der Waals surface area (Å²) in [5.74, 6) is 1.06. The number of nitrogens with one attached hydrogen (secondary N) is 1. The van der Waals surface area contributed by atoms with Crippen molar-refractivity contribution in [3.8, 4) is 5.75 Å². The van der Waals surface area contributed by atoms with Crippen LogP contribution in [0, 0.1) is 5.41 Å². The van der Waals surface area contributed by atoms with Gasteiger partial charge in [-0.15, -0.1) is 0 Å². The Morgan fingerprint density at radius 1 is 1.29 bits per heavy atom. The summed E-state index contributed by atoms with van der Waals surface area (Å²) < 4.78 is 6.00. The SMILES string of the molecule is CCCNC(c1ccc2c(c1)CC(C)(C)O2)C(C)(C)CC. The maximum Gasteiger partial charge on any atom is 0.123 e. The van der Waals surface area contributed by atoms with Crippen LogP contribution in [-0.2, 0) is 6.42 Å². The van der Waals surface area contributed by atoms with Gasteiger partial charge in [0.2, 0.25) is 0 Å². The molecule has 0 bridgehead atoms. The van der Waals surface area contributed by atoms with Crippen LogP contribution in [0.2, 0.25) is 0 Å². The summed E-state index contributed by atoms with van der Waals surface area (Å²) in [6, 6.07) is 7.16. The molecule has 21 heavy (non-hydrogen) atoms. The van der Waals surface area contributed by atoms with Crippen LogP contribution in [0.5, 0.6) is 5.75 Å². The molecule has 0 aromatic heterocycles. The van der Waals surface area contributed by atoms with Crippen molar-refractivity contribution in [2.75, 3.05) is 6.54 Å². The molecule has 1 aromatic rings. The highest BCUT2D eigenvalue weighted by Gasteiger charge is 2.33. The number of rotatable bonds is 6. The zero-order valence-electron chi connectivity index (χ0n) is 14.5. The van der Waals surface area contributed by atoms with Gasteiger partial charge in [-0.25, -0.2) is 0 Å². The Kier molecular flexibility index (Phi) is 4.67. The molecule has 1 aliphatic heterocycles. The maximum atomic E-state index is 6.00. The van der Waals surface area contributed by atoms with Crippen LogP contribution in [0.15, 0.2) is 18.2 Å². The zero-order valence-corrected chi connectivity index (χ0v) is 14.5. The van der Waals surface area contributed by atoms with E-state index in [2.05, 4.69) is 65.1 Å². The highest BCUT2D eigenvalue weighted by molar-refractivity contribution is 5.43. The lowest BCUT2D eigenvalue weighted by Crippen LogP contribution is -2.34. The van der Waals surface area contributed by atoms with E-state index < -0.39 is 0 Å². The summed E-state index contributed by atoms with van der Waals surface area (Å²) in [6.45, 7) is 14.6. The Morgan fingerprint density at radius 2 is 2.00 bits per heavy atom. The van der Waals surface area contributed by atoms with E-state index in [9.17, 15) is 0 Å². The second-order valence-corrected chi connectivity index (χ2v) is 7.63. The van der Waals surface area contributed by atoms with Crippen molar-refractivity contribution in [2.24, 2.45) is 5.41 Å². The van der Waals surface area contributed by atoms with Crippen LogP contribution >= 0.6 is 0 Å². The van der Waals surface area contributed by atoms with Gasteiger partial charge in [0.15, 0.2) is 0 Å². The number of fused-ring (bicyclic) bond motifs is 1. The van der Waals surface area contributed by atoms with Gasteiger partial charge in [0, 0.05) is 12.5 Å². The number of hydrogen-bond donors (Lipinski definition) is 1. The van der Waals surface area contributed by atoms with Gasteiger partial charge in [-0.05, 0) is 55.8 Å². The summed E-state index contributed by atoms with van der Waals surface area (Å²) in [5, 5.41) is 3.75. The first-order chi connectivity index (χ1) is 9.79. The fourth-order valence-corrected chi connectivity index (χ4v) is 3.15. The minimum Gasteiger partial charge on any atom is -0.487 e. The molecule has 2 heteroatoms. The van der Waals surface area contributed by atoms with Crippen LogP contribution in [0.1, 0.15) is 71.6 Å². The van der Waals surface area contributed by atoms with Gasteiger partial charge in [0.1, 0.15) is 11.4 Å². The summed E-state index contributed by atoms with van der Waals surface area (Å²) in [7, 11) is 0. The molecule has 0 radical (unpaired) electrons. The molecule has 1 aromatic carbocycles. The summed E-state index contributed by atoms with van der Waals surface area (Å²) in [4.78, 5) is 0. The van der Waals surface area contributed by atoms with Gasteiger partial charge in [-0.3, -0.25) is 0 Å². The summed E-state index contributed by atoms with van der Waals surface area (Å²) >= 11 is 0. The van der Waals surface area contributed by atoms with E-state index in [1.165, 1.54) is 11.1 Å². The molecule has 1 unspecified atom stereocenters. The van der Waals surface area contributed by atoms with Crippen LogP contribution < -0.4 is 10.1 Å². The van der Waals surface area contributed by atoms with Crippen molar-refractivity contribution in [3.63, 3.8) is 0 Å². The molecule has 0 aliphatic carbocycles. The topological polar surface area (TPSA) is 21.3 Å². The summed E-state index contributed by atoms with van der Waals surface area (Å²) in [5.41, 5.74) is 2.94. The lowest BCUT2D eigenvalue weighted by atomic mass is 9.78. The van der Waals surface area contributed by atoms with E-state index in [0.29, 0.717) is 6.04 Å². The van der Waals surface area contributed by atoms with E-state index in [4.69, 9.17) is 4.74 Å². The second-order valence-electron chi connectivity index (χ2n) is 7.63. The van der Waals surface area contributed by atoms with Crippen molar-refractivity contribution in [3.05, 3.63) is 29.3 Å². The number of hydrogen-bond acceptors (Lipinski definition) is 2. The average Bonchev–Trinajstić information content (AvgIpc) is 2.72. The third kappa shape index (κ3) is 3.60. The molecule has 2 nitrogen and oxygen atoms in total. The fourth-order valence-electron chi connectivity index (χ4n) is 3.15. The minimum atomic E-state index is -0.0619. The van der Waals surface area contributed by atoms with Crippen LogP contribution in [0.3, 0.4) is 0 Å². The summed E-state index contributed by atoms with van der Waals surface area (Å²) in [6.07, 6.45) is 3.33. The lowest BCUT2D eigenvalue weighted by molar-refractivity contribution is 0.138. The number of ether oxygens (including phenoxy) is 1. The lowest BCUT2D eigenvalue weighted by Gasteiger charge is -2.35. The Hall–Kier alpha value is -1.02. The van der Waals surface area contributed by atoms with E-state index in [0.717, 1.165) is 31.6 Å². The molecule has 0 saturated heterocycles. The standard InChI is InChI=1S/C19H31NO/c1-7-11-20-17(18(3,4)8-2)14-9-10-16-15(12-14)13-19(5,6)21-16/h9-10,12,17,20H,7-8,11,13H2,1-6H3. The average molecular weight is 289 g/mol. The van der Waals surface area contributed by atoms with Gasteiger partial charge in [0.05, 0.1) is 0 Å². The monoisotopic (exact) mass is 289 g/mol. The van der Waals surface area contributed by atoms with Crippen molar-refractivity contribution in [2.45, 2.75) is 72.4 Å². The second kappa shape index (κ2) is 6.00. The third-order valence-corrected chi connectivity index (χ3v) is 4.71. The zero-order chi connectivity index (χ0) is 15.7. The van der Waals surface area contributed by atoms with Crippen LogP contribution in [0.4, 0.5) is 0 Å². The van der Waals surface area contributed by atoms with E-state index in [-0.39, 0.29) is 11.0 Å². The molecule has 0 saturated carbocycles. The van der Waals surface area contributed by atoms with Crippen LogP contribution in [-0.4, -0.2) is 12.1 Å². The Labute approximate surface area is 130 Å². The predicted octanol–water partition coefficient (Wildman–Crippen LogP) is 4.88. The first kappa shape index (κ1) is 16.4. The van der Waals surface area contributed by atoms with Gasteiger partial charge >= 0.3 is 0 Å². The smallest absolute Gasteiger partial charge is 0.123 e. The largest absolute Gasteiger partial charge is 0.487 e. The molecule has 1 N–H and O–H groups in total. The van der Waals surface area contributed by atoms with Crippen molar-refractivity contribution in [1.29, 1.82) is 0 Å². The van der Waals surface area contributed by atoms with Crippen molar-refractivity contribution in [1.82, 2.24) is 5.32 Å². The molecule has 0 amide bonds. The van der Waals surface area contributed by atoms with Gasteiger partial charge < -0.3 is 10.1 Å². The van der Waals surface area contributed by atoms with Gasteiger partial charge in [-0.2, -0.15) is 0 Å². The fraction of sp³-hybridized carbons (Fsp3) is 0.684. The van der Waals surface area contributed by atoms with Gasteiger partial charge in [0.25, 0.3) is 0 Å². The highest BCUT2D eigenvalue weighted by atomic mass is 16.5. The van der Waals surface area contributed by atoms with Crippen molar-refractivity contribution < 1.29 is 4.74 Å². The van der Waals surface area contributed by atoms with E-state index in [1.807, 2.05) is 0 Å². The molecule has 1 heterocycles. The van der Waals surface area contributed by atoms with Gasteiger partial charge in [-0.1, -0.05) is 39.8 Å². The minimum absolute atomic E-state index is 0.0619. The maximum absolute atomic E-state index is 6.00. The van der Waals surface area contributed by atoms with Crippen LogP contribution in [0.25, 0.3) is 0 Å². The predicted molar refractivity (Wildman–Crippen MR) is 90.0 cm³/mol. The van der Waals surface area contributed by atoms with Crippen molar-refractivity contribution >= 4 is 0 Å². The normalized spacial score (nSPS) is 18.2. The third-order valence-electron chi connectivity index (χ3n) is 4.71. The molecule has 0 spiro atoms.